The normalized spacial score (nSPS) is 49.9. The van der Waals surface area contributed by atoms with Crippen LogP contribution in [0.15, 0.2) is 11.1 Å². The summed E-state index contributed by atoms with van der Waals surface area (Å²) in [5.74, 6) is 0.261. The highest BCUT2D eigenvalue weighted by Gasteiger charge is 2.66. The molecule has 2 aliphatic heterocycles. The predicted octanol–water partition coefficient (Wildman–Crippen LogP) is 5.34. The van der Waals surface area contributed by atoms with Gasteiger partial charge in [0.2, 0.25) is 0 Å². The van der Waals surface area contributed by atoms with E-state index < -0.39 is 5.97 Å². The first-order valence-electron chi connectivity index (χ1n) is 12.2. The Morgan fingerprint density at radius 3 is 2.60 bits per heavy atom. The summed E-state index contributed by atoms with van der Waals surface area (Å²) in [6.07, 6.45) is 8.65. The van der Waals surface area contributed by atoms with Gasteiger partial charge in [0.1, 0.15) is 0 Å². The number of aliphatic carboxylic acids is 1. The highest BCUT2D eigenvalue weighted by Crippen LogP contribution is 2.70. The van der Waals surface area contributed by atoms with Crippen LogP contribution in [0.25, 0.3) is 0 Å². The molecule has 8 atom stereocenters. The van der Waals surface area contributed by atoms with E-state index >= 15 is 0 Å². The van der Waals surface area contributed by atoms with Crippen molar-refractivity contribution in [3.63, 3.8) is 0 Å². The van der Waals surface area contributed by atoms with Crippen LogP contribution < -0.4 is 0 Å². The summed E-state index contributed by atoms with van der Waals surface area (Å²) >= 11 is 0. The average molecular weight is 417 g/mol. The van der Waals surface area contributed by atoms with Gasteiger partial charge >= 0.3 is 5.97 Å². The number of aliphatic hydroxyl groups is 1. The quantitative estimate of drug-likeness (QED) is 0.610. The minimum atomic E-state index is -0.692. The number of fused-ring (bicyclic) bond motifs is 3. The van der Waals surface area contributed by atoms with Crippen molar-refractivity contribution in [1.29, 1.82) is 0 Å². The van der Waals surface area contributed by atoms with Crippen LogP contribution in [0.5, 0.6) is 0 Å². The van der Waals surface area contributed by atoms with Gasteiger partial charge in [-0.25, -0.2) is 0 Å². The Bertz CT molecular complexity index is 799. The van der Waals surface area contributed by atoms with E-state index in [0.717, 1.165) is 51.4 Å². The molecule has 30 heavy (non-hydrogen) atoms. The summed E-state index contributed by atoms with van der Waals surface area (Å²) in [5.41, 5.74) is 2.97. The molecule has 2 heterocycles. The average Bonchev–Trinajstić information content (AvgIpc) is 3.22. The summed E-state index contributed by atoms with van der Waals surface area (Å²) in [6.45, 7) is 11.6. The number of carboxylic acids is 1. The second-order valence-corrected chi connectivity index (χ2v) is 12.5. The van der Waals surface area contributed by atoms with Crippen LogP contribution in [0, 0.1) is 34.0 Å². The van der Waals surface area contributed by atoms with Gasteiger partial charge in [-0.15, -0.1) is 0 Å². The molecule has 2 saturated heterocycles. The van der Waals surface area contributed by atoms with Crippen molar-refractivity contribution in [2.45, 2.75) is 110 Å². The zero-order valence-electron chi connectivity index (χ0n) is 19.5. The summed E-state index contributed by atoms with van der Waals surface area (Å²) in [6, 6.07) is 0. The molecule has 5 aliphatic rings. The molecule has 0 aromatic rings. The van der Waals surface area contributed by atoms with E-state index in [2.05, 4.69) is 34.6 Å². The molecule has 168 valence electrons. The number of rotatable bonds is 3. The van der Waals surface area contributed by atoms with Gasteiger partial charge in [-0.05, 0) is 90.9 Å². The van der Waals surface area contributed by atoms with Crippen molar-refractivity contribution >= 4 is 5.97 Å². The fraction of sp³-hybridized carbons (Fsp3) is 0.885. The van der Waals surface area contributed by atoms with Crippen molar-refractivity contribution in [2.24, 2.45) is 34.0 Å². The molecule has 1 saturated carbocycles. The molecule has 0 aromatic heterocycles. The molecule has 3 fully saturated rings. The molecule has 2 N–H and O–H groups in total. The van der Waals surface area contributed by atoms with Gasteiger partial charge in [0.15, 0.2) is 0 Å². The van der Waals surface area contributed by atoms with E-state index in [-0.39, 0.29) is 40.3 Å². The maximum atomic E-state index is 11.6. The minimum absolute atomic E-state index is 0.00297. The van der Waals surface area contributed by atoms with Gasteiger partial charge in [0.25, 0.3) is 0 Å². The van der Waals surface area contributed by atoms with E-state index in [1.165, 1.54) is 11.1 Å². The molecule has 3 aliphatic carbocycles. The third-order valence-electron chi connectivity index (χ3n) is 11.2. The molecular weight excluding hydrogens is 376 g/mol. The minimum Gasteiger partial charge on any atom is -0.481 e. The van der Waals surface area contributed by atoms with E-state index in [1.54, 1.807) is 0 Å². The molecule has 5 rings (SSSR count). The Balaban J connectivity index is 1.51. The van der Waals surface area contributed by atoms with Gasteiger partial charge in [0, 0.05) is 6.42 Å². The molecule has 0 amide bonds. The van der Waals surface area contributed by atoms with Crippen LogP contribution in [-0.2, 0) is 9.53 Å². The smallest absolute Gasteiger partial charge is 0.303 e. The SMILES string of the molecule is C[C@H](CC(=O)O)[C@]1(C)CCC2C3=C(CC[C@]21C)C[C@]12CC[C@H](O1)C(C)(C)C2CC3O. The largest absolute Gasteiger partial charge is 0.481 e. The Labute approximate surface area is 181 Å². The summed E-state index contributed by atoms with van der Waals surface area (Å²) in [7, 11) is 0. The van der Waals surface area contributed by atoms with Crippen LogP contribution in [0.4, 0.5) is 0 Å². The fourth-order valence-electron chi connectivity index (χ4n) is 9.10. The van der Waals surface area contributed by atoms with E-state index in [4.69, 9.17) is 4.74 Å². The summed E-state index contributed by atoms with van der Waals surface area (Å²) < 4.78 is 6.71. The standard InChI is InChI=1S/C26H40O4/c1-15(12-21(28)29)24(4)10-7-17-22-16(6-9-25(17,24)5)14-26-11-8-20(30-26)23(2,3)19(26)13-18(22)27/h15,17-20,27H,6-14H2,1-5H3,(H,28,29)/t15-,17?,18?,19?,20+,24+,25-,26+/m1/s1. The number of ether oxygens (including phenoxy) is 1. The van der Waals surface area contributed by atoms with Crippen LogP contribution in [0.1, 0.15) is 92.4 Å². The van der Waals surface area contributed by atoms with Gasteiger partial charge in [-0.1, -0.05) is 40.2 Å². The molecule has 3 unspecified atom stereocenters. The maximum Gasteiger partial charge on any atom is 0.303 e. The number of hydrogen-bond acceptors (Lipinski definition) is 3. The lowest BCUT2D eigenvalue weighted by molar-refractivity contribution is -0.140. The fourth-order valence-corrected chi connectivity index (χ4v) is 9.10. The third-order valence-corrected chi connectivity index (χ3v) is 11.2. The Morgan fingerprint density at radius 1 is 1.17 bits per heavy atom. The second-order valence-electron chi connectivity index (χ2n) is 12.5. The third kappa shape index (κ3) is 2.50. The molecule has 0 aromatic carbocycles. The van der Waals surface area contributed by atoms with Crippen molar-refractivity contribution < 1.29 is 19.7 Å². The highest BCUT2D eigenvalue weighted by atomic mass is 16.5. The second kappa shape index (κ2) is 6.34. The molecule has 0 radical (unpaired) electrons. The van der Waals surface area contributed by atoms with Crippen LogP contribution in [0.2, 0.25) is 0 Å². The summed E-state index contributed by atoms with van der Waals surface area (Å²) in [4.78, 5) is 11.5. The van der Waals surface area contributed by atoms with Crippen molar-refractivity contribution in [3.8, 4) is 0 Å². The Morgan fingerprint density at radius 2 is 1.90 bits per heavy atom. The Kier molecular flexibility index (Phi) is 4.44. The van der Waals surface area contributed by atoms with Gasteiger partial charge in [-0.3, -0.25) is 4.79 Å². The van der Waals surface area contributed by atoms with E-state index in [9.17, 15) is 15.0 Å². The first kappa shape index (κ1) is 21.0. The lowest BCUT2D eigenvalue weighted by atomic mass is 9.53. The lowest BCUT2D eigenvalue weighted by Gasteiger charge is -2.52. The predicted molar refractivity (Wildman–Crippen MR) is 116 cm³/mol. The maximum absolute atomic E-state index is 11.6. The van der Waals surface area contributed by atoms with Gasteiger partial charge < -0.3 is 14.9 Å². The monoisotopic (exact) mass is 416 g/mol. The molecular formula is C26H40O4. The lowest BCUT2D eigenvalue weighted by Crippen LogP contribution is -2.45. The van der Waals surface area contributed by atoms with E-state index in [0.29, 0.717) is 17.9 Å². The van der Waals surface area contributed by atoms with Crippen LogP contribution in [0.3, 0.4) is 0 Å². The topological polar surface area (TPSA) is 66.8 Å². The van der Waals surface area contributed by atoms with E-state index in [1.807, 2.05) is 0 Å². The molecule has 1 spiro atoms. The molecule has 4 heteroatoms. The van der Waals surface area contributed by atoms with Crippen molar-refractivity contribution in [3.05, 3.63) is 11.1 Å². The summed E-state index contributed by atoms with van der Waals surface area (Å²) in [5, 5.41) is 21.0. The van der Waals surface area contributed by atoms with Crippen molar-refractivity contribution in [2.75, 3.05) is 0 Å². The van der Waals surface area contributed by atoms with Gasteiger partial charge in [-0.2, -0.15) is 0 Å². The zero-order valence-corrected chi connectivity index (χ0v) is 19.5. The van der Waals surface area contributed by atoms with Crippen molar-refractivity contribution in [1.82, 2.24) is 0 Å². The highest BCUT2D eigenvalue weighted by molar-refractivity contribution is 5.67. The van der Waals surface area contributed by atoms with Gasteiger partial charge in [0.05, 0.1) is 17.8 Å². The first-order chi connectivity index (χ1) is 13.9. The molecule has 4 nitrogen and oxygen atoms in total. The van der Waals surface area contributed by atoms with Crippen LogP contribution in [-0.4, -0.2) is 34.0 Å². The number of carbonyl (C=O) groups is 1. The zero-order chi connectivity index (χ0) is 21.7. The number of aliphatic hydroxyl groups excluding tert-OH is 1. The Hall–Kier alpha value is -0.870. The van der Waals surface area contributed by atoms with Crippen LogP contribution >= 0.6 is 0 Å². The number of hydrogen-bond donors (Lipinski definition) is 2. The first-order valence-corrected chi connectivity index (χ1v) is 12.2. The number of carboxylic acid groups (broad SMARTS) is 1. The molecule has 2 bridgehead atoms.